The molecule has 122 valence electrons. The van der Waals surface area contributed by atoms with Gasteiger partial charge in [-0.3, -0.25) is 4.79 Å². The maximum atomic E-state index is 12.3. The van der Waals surface area contributed by atoms with Gasteiger partial charge in [0.25, 0.3) is 0 Å². The maximum Gasteiger partial charge on any atom is 0.309 e. The second-order valence-corrected chi connectivity index (χ2v) is 6.58. The van der Waals surface area contributed by atoms with E-state index in [1.165, 1.54) is 11.4 Å². The van der Waals surface area contributed by atoms with Crippen molar-refractivity contribution < 1.29 is 9.53 Å². The Hall–Kier alpha value is -2.03. The molecule has 0 bridgehead atoms. The van der Waals surface area contributed by atoms with E-state index in [4.69, 9.17) is 4.74 Å². The number of benzene rings is 1. The van der Waals surface area contributed by atoms with Crippen LogP contribution in [0.15, 0.2) is 42.5 Å². The first kappa shape index (κ1) is 15.9. The van der Waals surface area contributed by atoms with Crippen LogP contribution in [-0.2, 0) is 16.1 Å². The average molecular weight is 311 g/mol. The zero-order chi connectivity index (χ0) is 16.2. The Labute approximate surface area is 138 Å². The van der Waals surface area contributed by atoms with Crippen LogP contribution in [0.4, 0.5) is 0 Å². The SMILES string of the molecule is Cc1ccc(C)n1C1CCC(C(=O)OCc2ccccc2)CC1. The molecule has 0 unspecified atom stereocenters. The molecule has 1 fully saturated rings. The van der Waals surface area contributed by atoms with Crippen molar-refractivity contribution in [1.29, 1.82) is 0 Å². The molecule has 1 aromatic heterocycles. The number of hydrogen-bond acceptors (Lipinski definition) is 2. The quantitative estimate of drug-likeness (QED) is 0.774. The summed E-state index contributed by atoms with van der Waals surface area (Å²) in [5.41, 5.74) is 3.68. The first-order valence-corrected chi connectivity index (χ1v) is 8.50. The lowest BCUT2D eigenvalue weighted by atomic mass is 9.85. The van der Waals surface area contributed by atoms with Crippen molar-refractivity contribution in [3.05, 3.63) is 59.4 Å². The van der Waals surface area contributed by atoms with Gasteiger partial charge in [-0.15, -0.1) is 0 Å². The number of nitrogens with zero attached hydrogens (tertiary/aromatic N) is 1. The normalized spacial score (nSPS) is 21.1. The highest BCUT2D eigenvalue weighted by Gasteiger charge is 2.28. The molecule has 1 aromatic carbocycles. The molecule has 23 heavy (non-hydrogen) atoms. The van der Waals surface area contributed by atoms with Crippen LogP contribution in [0.2, 0.25) is 0 Å². The first-order valence-electron chi connectivity index (χ1n) is 8.50. The molecule has 0 amide bonds. The van der Waals surface area contributed by atoms with Crippen LogP contribution in [0.5, 0.6) is 0 Å². The summed E-state index contributed by atoms with van der Waals surface area (Å²) in [5, 5.41) is 0. The van der Waals surface area contributed by atoms with Crippen LogP contribution in [0.1, 0.15) is 48.7 Å². The van der Waals surface area contributed by atoms with Gasteiger partial charge in [0.1, 0.15) is 6.61 Å². The first-order chi connectivity index (χ1) is 11.1. The fourth-order valence-corrected chi connectivity index (χ4v) is 3.67. The average Bonchev–Trinajstić information content (AvgIpc) is 2.92. The molecule has 0 spiro atoms. The van der Waals surface area contributed by atoms with Crippen LogP contribution in [0, 0.1) is 19.8 Å². The smallest absolute Gasteiger partial charge is 0.309 e. The molecule has 1 saturated carbocycles. The van der Waals surface area contributed by atoms with E-state index in [2.05, 4.69) is 30.5 Å². The van der Waals surface area contributed by atoms with Gasteiger partial charge in [0.2, 0.25) is 0 Å². The summed E-state index contributed by atoms with van der Waals surface area (Å²) in [6.07, 6.45) is 3.97. The number of aryl methyl sites for hydroxylation is 2. The van der Waals surface area contributed by atoms with Crippen LogP contribution >= 0.6 is 0 Å². The minimum absolute atomic E-state index is 0.0340. The lowest BCUT2D eigenvalue weighted by Crippen LogP contribution is -2.25. The van der Waals surface area contributed by atoms with Gasteiger partial charge in [0.15, 0.2) is 0 Å². The minimum Gasteiger partial charge on any atom is -0.461 e. The van der Waals surface area contributed by atoms with Crippen molar-refractivity contribution in [1.82, 2.24) is 4.57 Å². The zero-order valence-electron chi connectivity index (χ0n) is 14.0. The Balaban J connectivity index is 1.51. The fraction of sp³-hybridized carbons (Fsp3) is 0.450. The van der Waals surface area contributed by atoms with Crippen LogP contribution in [-0.4, -0.2) is 10.5 Å². The van der Waals surface area contributed by atoms with E-state index in [9.17, 15) is 4.79 Å². The van der Waals surface area contributed by atoms with Gasteiger partial charge in [0.05, 0.1) is 5.92 Å². The third-order valence-electron chi connectivity index (χ3n) is 4.94. The predicted octanol–water partition coefficient (Wildman–Crippen LogP) is 4.58. The molecule has 0 aliphatic heterocycles. The van der Waals surface area contributed by atoms with E-state index in [-0.39, 0.29) is 11.9 Å². The maximum absolute atomic E-state index is 12.3. The molecule has 1 aliphatic carbocycles. The van der Waals surface area contributed by atoms with E-state index in [0.717, 1.165) is 31.2 Å². The lowest BCUT2D eigenvalue weighted by molar-refractivity contribution is -0.151. The van der Waals surface area contributed by atoms with E-state index in [1.807, 2.05) is 30.3 Å². The molecular formula is C20H25NO2. The highest BCUT2D eigenvalue weighted by atomic mass is 16.5. The van der Waals surface area contributed by atoms with E-state index < -0.39 is 0 Å². The molecule has 0 N–H and O–H groups in total. The summed E-state index contributed by atoms with van der Waals surface area (Å²) in [6.45, 7) is 4.70. The van der Waals surface area contributed by atoms with Crippen molar-refractivity contribution in [3.63, 3.8) is 0 Å². The summed E-state index contributed by atoms with van der Waals surface area (Å²) >= 11 is 0. The Morgan fingerprint density at radius 3 is 2.22 bits per heavy atom. The summed E-state index contributed by atoms with van der Waals surface area (Å²) in [5.74, 6) is 0.0272. The largest absolute Gasteiger partial charge is 0.461 e. The molecule has 2 aromatic rings. The molecular weight excluding hydrogens is 286 g/mol. The Kier molecular flexibility index (Phi) is 4.85. The monoisotopic (exact) mass is 311 g/mol. The molecule has 1 aliphatic rings. The molecule has 1 heterocycles. The van der Waals surface area contributed by atoms with Crippen molar-refractivity contribution in [2.24, 2.45) is 5.92 Å². The van der Waals surface area contributed by atoms with E-state index in [0.29, 0.717) is 12.6 Å². The third kappa shape index (κ3) is 3.66. The second kappa shape index (κ2) is 7.03. The Bertz CT molecular complexity index is 632. The molecule has 0 atom stereocenters. The second-order valence-electron chi connectivity index (χ2n) is 6.58. The number of rotatable bonds is 4. The number of hydrogen-bond donors (Lipinski definition) is 0. The standard InChI is InChI=1S/C20H25NO2/c1-15-8-9-16(2)21(15)19-12-10-18(11-13-19)20(22)23-14-17-6-4-3-5-7-17/h3-9,18-19H,10-14H2,1-2H3. The fourth-order valence-electron chi connectivity index (χ4n) is 3.67. The minimum atomic E-state index is -0.0340. The van der Waals surface area contributed by atoms with E-state index >= 15 is 0 Å². The van der Waals surface area contributed by atoms with Gasteiger partial charge in [-0.1, -0.05) is 30.3 Å². The van der Waals surface area contributed by atoms with Gasteiger partial charge >= 0.3 is 5.97 Å². The Morgan fingerprint density at radius 2 is 1.61 bits per heavy atom. The molecule has 3 heteroatoms. The predicted molar refractivity (Wildman–Crippen MR) is 91.1 cm³/mol. The summed E-state index contributed by atoms with van der Waals surface area (Å²) < 4.78 is 7.92. The highest BCUT2D eigenvalue weighted by molar-refractivity contribution is 5.72. The number of aromatic nitrogens is 1. The molecule has 0 saturated heterocycles. The number of carbonyl (C=O) groups excluding carboxylic acids is 1. The topological polar surface area (TPSA) is 31.2 Å². The molecule has 3 rings (SSSR count). The van der Waals surface area contributed by atoms with Crippen molar-refractivity contribution >= 4 is 5.97 Å². The zero-order valence-corrected chi connectivity index (χ0v) is 14.0. The third-order valence-corrected chi connectivity index (χ3v) is 4.94. The van der Waals surface area contributed by atoms with Crippen LogP contribution in [0.25, 0.3) is 0 Å². The summed E-state index contributed by atoms with van der Waals surface area (Å²) in [7, 11) is 0. The van der Waals surface area contributed by atoms with Crippen molar-refractivity contribution in [2.75, 3.05) is 0 Å². The van der Waals surface area contributed by atoms with Gasteiger partial charge in [-0.05, 0) is 57.2 Å². The molecule has 0 radical (unpaired) electrons. The Morgan fingerprint density at radius 1 is 1.00 bits per heavy atom. The van der Waals surface area contributed by atoms with Crippen molar-refractivity contribution in [3.8, 4) is 0 Å². The number of esters is 1. The highest BCUT2D eigenvalue weighted by Crippen LogP contribution is 2.34. The van der Waals surface area contributed by atoms with Gasteiger partial charge in [0, 0.05) is 17.4 Å². The summed E-state index contributed by atoms with van der Waals surface area (Å²) in [6, 6.07) is 14.8. The molecule has 3 nitrogen and oxygen atoms in total. The van der Waals surface area contributed by atoms with Crippen LogP contribution < -0.4 is 0 Å². The van der Waals surface area contributed by atoms with Crippen LogP contribution in [0.3, 0.4) is 0 Å². The van der Waals surface area contributed by atoms with Gasteiger partial charge < -0.3 is 9.30 Å². The number of ether oxygens (including phenoxy) is 1. The van der Waals surface area contributed by atoms with Gasteiger partial charge in [-0.25, -0.2) is 0 Å². The lowest BCUT2D eigenvalue weighted by Gasteiger charge is -2.30. The van der Waals surface area contributed by atoms with Gasteiger partial charge in [-0.2, -0.15) is 0 Å². The number of carbonyl (C=O) groups is 1. The summed E-state index contributed by atoms with van der Waals surface area (Å²) in [4.78, 5) is 12.3. The van der Waals surface area contributed by atoms with Crippen molar-refractivity contribution in [2.45, 2.75) is 52.2 Å². The van der Waals surface area contributed by atoms with E-state index in [1.54, 1.807) is 0 Å².